The standard InChI is InChI=1S/C76H140O17P2/c1-5-9-13-17-21-25-28-31-34-35-38-41-44-47-51-55-59-63-76(81)93-72(67-87-74(79)61-57-53-49-45-42-39-36-32-29-26-22-18-14-10-6-2)69-91-95(84,85)89-65-70(77)64-88-94(82,83)90-68-71(66-86-73(78)60-56-52-48-24-20-16-12-8-4)92-75(80)62-58-54-50-46-43-40-37-33-30-27-23-19-15-11-7-3/h26-27,29-30,32-33,36-37,70-72,77H,5-25,28,31,34-35,38-69H2,1-4H3,(H,82,83)(H,84,85)/b29-26-,30-27-,36-32-,37-33-/t70-,71+,72+/m0/s1. The molecule has 0 radical (unpaired) electrons. The third-order valence-electron chi connectivity index (χ3n) is 16.6. The Morgan fingerprint density at radius 3 is 0.768 bits per heavy atom. The van der Waals surface area contributed by atoms with Gasteiger partial charge in [0.2, 0.25) is 0 Å². The summed E-state index contributed by atoms with van der Waals surface area (Å²) in [7, 11) is -9.93. The zero-order chi connectivity index (χ0) is 69.7. The van der Waals surface area contributed by atoms with Crippen molar-refractivity contribution in [1.82, 2.24) is 0 Å². The van der Waals surface area contributed by atoms with E-state index in [1.807, 2.05) is 0 Å². The van der Waals surface area contributed by atoms with Crippen molar-refractivity contribution in [3.8, 4) is 0 Å². The summed E-state index contributed by atoms with van der Waals surface area (Å²) in [5.74, 6) is -2.18. The third-order valence-corrected chi connectivity index (χ3v) is 18.5. The molecule has 19 heteroatoms. The number of carbonyl (C=O) groups excluding carboxylic acids is 4. The van der Waals surface area contributed by atoms with Gasteiger partial charge in [-0.1, -0.05) is 301 Å². The molecule has 0 rings (SSSR count). The topological polar surface area (TPSA) is 237 Å². The number of esters is 4. The van der Waals surface area contributed by atoms with Crippen LogP contribution >= 0.6 is 15.6 Å². The second-order valence-corrected chi connectivity index (χ2v) is 28.9. The molecule has 17 nitrogen and oxygen atoms in total. The molecule has 0 aliphatic heterocycles. The first-order valence-corrected chi connectivity index (χ1v) is 41.4. The Bertz CT molecular complexity index is 2000. The van der Waals surface area contributed by atoms with Crippen LogP contribution in [-0.4, -0.2) is 96.7 Å². The molecule has 556 valence electrons. The maximum atomic E-state index is 13.1. The van der Waals surface area contributed by atoms with E-state index in [1.54, 1.807) is 0 Å². The number of rotatable bonds is 73. The molecular weight excluding hydrogens is 1250 g/mol. The number of unbranched alkanes of at least 4 members (excludes halogenated alkanes) is 41. The molecule has 0 saturated carbocycles. The molecular formula is C76H140O17P2. The Balaban J connectivity index is 5.28. The van der Waals surface area contributed by atoms with Crippen LogP contribution in [0.5, 0.6) is 0 Å². The van der Waals surface area contributed by atoms with Gasteiger partial charge < -0.3 is 33.8 Å². The summed E-state index contributed by atoms with van der Waals surface area (Å²) >= 11 is 0. The molecule has 2 unspecified atom stereocenters. The Kier molecular flexibility index (Phi) is 67.3. The number of phosphoric acid groups is 2. The Labute approximate surface area is 578 Å². The van der Waals surface area contributed by atoms with Gasteiger partial charge in [0.05, 0.1) is 26.4 Å². The fraction of sp³-hybridized carbons (Fsp3) is 0.842. The molecule has 0 aromatic rings. The van der Waals surface area contributed by atoms with Crippen LogP contribution < -0.4 is 0 Å². The van der Waals surface area contributed by atoms with Gasteiger partial charge in [0.25, 0.3) is 0 Å². The fourth-order valence-electron chi connectivity index (χ4n) is 10.7. The van der Waals surface area contributed by atoms with Crippen molar-refractivity contribution in [2.45, 2.75) is 373 Å². The van der Waals surface area contributed by atoms with Crippen molar-refractivity contribution in [2.75, 3.05) is 39.6 Å². The summed E-state index contributed by atoms with van der Waals surface area (Å²) in [5, 5.41) is 10.6. The average Bonchev–Trinajstić information content (AvgIpc) is 3.26. The first-order valence-electron chi connectivity index (χ1n) is 38.4. The molecule has 0 aliphatic rings. The van der Waals surface area contributed by atoms with Gasteiger partial charge in [0.1, 0.15) is 19.3 Å². The van der Waals surface area contributed by atoms with Crippen molar-refractivity contribution >= 4 is 39.5 Å². The van der Waals surface area contributed by atoms with Crippen LogP contribution in [-0.2, 0) is 65.4 Å². The Morgan fingerprint density at radius 2 is 0.505 bits per heavy atom. The highest BCUT2D eigenvalue weighted by molar-refractivity contribution is 7.47. The van der Waals surface area contributed by atoms with Gasteiger partial charge in [-0.15, -0.1) is 0 Å². The van der Waals surface area contributed by atoms with Crippen molar-refractivity contribution in [3.05, 3.63) is 48.6 Å². The second-order valence-electron chi connectivity index (χ2n) is 26.0. The zero-order valence-corrected chi connectivity index (χ0v) is 62.4. The van der Waals surface area contributed by atoms with Crippen molar-refractivity contribution in [2.24, 2.45) is 0 Å². The highest BCUT2D eigenvalue weighted by Gasteiger charge is 2.30. The lowest BCUT2D eigenvalue weighted by Crippen LogP contribution is -2.30. The van der Waals surface area contributed by atoms with Gasteiger partial charge in [-0.3, -0.25) is 37.3 Å². The van der Waals surface area contributed by atoms with E-state index >= 15 is 0 Å². The quantitative estimate of drug-likeness (QED) is 0.0169. The van der Waals surface area contributed by atoms with Gasteiger partial charge >= 0.3 is 39.5 Å². The predicted octanol–water partition coefficient (Wildman–Crippen LogP) is 21.7. The maximum absolute atomic E-state index is 13.1. The van der Waals surface area contributed by atoms with Gasteiger partial charge in [0, 0.05) is 25.7 Å². The highest BCUT2D eigenvalue weighted by atomic mass is 31.2. The van der Waals surface area contributed by atoms with Crippen LogP contribution in [0.3, 0.4) is 0 Å². The fourth-order valence-corrected chi connectivity index (χ4v) is 12.3. The van der Waals surface area contributed by atoms with Gasteiger partial charge in [-0.25, -0.2) is 9.13 Å². The predicted molar refractivity (Wildman–Crippen MR) is 386 cm³/mol. The minimum Gasteiger partial charge on any atom is -0.462 e. The molecule has 0 saturated heterocycles. The largest absolute Gasteiger partial charge is 0.472 e. The van der Waals surface area contributed by atoms with Crippen molar-refractivity contribution in [1.29, 1.82) is 0 Å². The summed E-state index contributed by atoms with van der Waals surface area (Å²) in [5.41, 5.74) is 0. The second kappa shape index (κ2) is 69.5. The van der Waals surface area contributed by atoms with Crippen LogP contribution in [0.15, 0.2) is 48.6 Å². The summed E-state index contributed by atoms with van der Waals surface area (Å²) in [6.07, 6.45) is 65.4. The van der Waals surface area contributed by atoms with Gasteiger partial charge in [-0.05, 0) is 77.0 Å². The molecule has 0 spiro atoms. The summed E-state index contributed by atoms with van der Waals surface area (Å²) in [6, 6.07) is 0. The normalized spacial score (nSPS) is 14.2. The van der Waals surface area contributed by atoms with E-state index in [0.717, 1.165) is 128 Å². The number of phosphoric ester groups is 2. The lowest BCUT2D eigenvalue weighted by molar-refractivity contribution is -0.161. The minimum atomic E-state index is -4.97. The molecule has 3 N–H and O–H groups in total. The van der Waals surface area contributed by atoms with Crippen molar-refractivity contribution in [3.63, 3.8) is 0 Å². The molecule has 0 amide bonds. The van der Waals surface area contributed by atoms with Crippen LogP contribution in [0.4, 0.5) is 0 Å². The third kappa shape index (κ3) is 69.3. The molecule has 0 aromatic carbocycles. The molecule has 0 aliphatic carbocycles. The van der Waals surface area contributed by atoms with Crippen LogP contribution in [0, 0.1) is 0 Å². The van der Waals surface area contributed by atoms with E-state index in [0.29, 0.717) is 25.7 Å². The molecule has 5 atom stereocenters. The molecule has 0 heterocycles. The number of aliphatic hydroxyl groups is 1. The first kappa shape index (κ1) is 92.0. The summed E-state index contributed by atoms with van der Waals surface area (Å²) in [6.45, 7) is 4.83. The number of allylic oxidation sites excluding steroid dienone is 8. The lowest BCUT2D eigenvalue weighted by atomic mass is 10.0. The van der Waals surface area contributed by atoms with E-state index in [1.165, 1.54) is 148 Å². The molecule has 0 bridgehead atoms. The van der Waals surface area contributed by atoms with E-state index < -0.39 is 97.5 Å². The zero-order valence-electron chi connectivity index (χ0n) is 60.6. The van der Waals surface area contributed by atoms with Crippen LogP contribution in [0.1, 0.15) is 355 Å². The summed E-state index contributed by atoms with van der Waals surface area (Å²) in [4.78, 5) is 72.7. The van der Waals surface area contributed by atoms with E-state index in [4.69, 9.17) is 37.0 Å². The number of aliphatic hydroxyl groups excluding tert-OH is 1. The van der Waals surface area contributed by atoms with E-state index in [2.05, 4.69) is 76.3 Å². The SMILES string of the molecule is CCCCCC/C=C\C=C/CCCCCCCC(=O)OC[C@H](COP(=O)(O)OC[C@@H](O)COP(=O)(O)OC[C@@H](COC(=O)CCCCCCCCCC)OC(=O)CCCCCCC/C=C\C=C/CCCCCC)OC(=O)CCCCCCCCCCCCCCCCCCC. The molecule has 0 fully saturated rings. The number of ether oxygens (including phenoxy) is 4. The van der Waals surface area contributed by atoms with Gasteiger partial charge in [0.15, 0.2) is 12.2 Å². The number of hydrogen-bond acceptors (Lipinski definition) is 15. The monoisotopic (exact) mass is 1390 g/mol. The van der Waals surface area contributed by atoms with Crippen molar-refractivity contribution < 1.29 is 80.2 Å². The first-order chi connectivity index (χ1) is 46.2. The summed E-state index contributed by atoms with van der Waals surface area (Å²) < 4.78 is 68.4. The highest BCUT2D eigenvalue weighted by Crippen LogP contribution is 2.45. The van der Waals surface area contributed by atoms with Gasteiger partial charge in [-0.2, -0.15) is 0 Å². The lowest BCUT2D eigenvalue weighted by Gasteiger charge is -2.21. The number of carbonyl (C=O) groups is 4. The van der Waals surface area contributed by atoms with E-state index in [-0.39, 0.29) is 25.7 Å². The Morgan fingerprint density at radius 1 is 0.295 bits per heavy atom. The molecule has 95 heavy (non-hydrogen) atoms. The smallest absolute Gasteiger partial charge is 0.462 e. The Hall–Kier alpha value is -2.98. The minimum absolute atomic E-state index is 0.0829. The van der Waals surface area contributed by atoms with Crippen LogP contribution in [0.2, 0.25) is 0 Å². The number of hydrogen-bond donors (Lipinski definition) is 3. The maximum Gasteiger partial charge on any atom is 0.472 e. The van der Waals surface area contributed by atoms with Crippen LogP contribution in [0.25, 0.3) is 0 Å². The average molecular weight is 1390 g/mol. The molecule has 0 aromatic heterocycles. The van der Waals surface area contributed by atoms with E-state index in [9.17, 15) is 43.2 Å².